The first kappa shape index (κ1) is 19.7. The number of carbonyl (C=O) groups is 1. The lowest BCUT2D eigenvalue weighted by Crippen LogP contribution is -2.23. The zero-order valence-corrected chi connectivity index (χ0v) is 15.2. The predicted molar refractivity (Wildman–Crippen MR) is 93.6 cm³/mol. The quantitative estimate of drug-likeness (QED) is 0.681. The molecule has 2 aromatic carbocycles. The van der Waals surface area contributed by atoms with Gasteiger partial charge in [0, 0.05) is 24.5 Å². The second kappa shape index (κ2) is 8.65. The largest absolute Gasteiger partial charge is 0.497 e. The molecule has 0 amide bonds. The van der Waals surface area contributed by atoms with Crippen molar-refractivity contribution in [1.82, 2.24) is 0 Å². The Kier molecular flexibility index (Phi) is 6.55. The third-order valence-electron chi connectivity index (χ3n) is 4.05. The standard InChI is InChI=1S/C20H22F2O4/c1-5-19(23)26-12(2)20(13-6-15(21)10-17(8-13)24-3)14-7-16(22)11-18(9-14)25-4/h6-12,20H,5H2,1-4H3. The monoisotopic (exact) mass is 364 g/mol. The maximum Gasteiger partial charge on any atom is 0.305 e. The number of methoxy groups -OCH3 is 2. The number of ether oxygens (including phenoxy) is 3. The minimum absolute atomic E-state index is 0.204. The number of benzene rings is 2. The van der Waals surface area contributed by atoms with Gasteiger partial charge in [0.15, 0.2) is 0 Å². The van der Waals surface area contributed by atoms with Gasteiger partial charge in [-0.05, 0) is 42.3 Å². The SMILES string of the molecule is CCC(=O)OC(C)C(c1cc(F)cc(OC)c1)c1cc(F)cc(OC)c1. The van der Waals surface area contributed by atoms with Crippen LogP contribution in [0.5, 0.6) is 11.5 Å². The highest BCUT2D eigenvalue weighted by molar-refractivity contribution is 5.69. The highest BCUT2D eigenvalue weighted by Crippen LogP contribution is 2.35. The molecule has 4 nitrogen and oxygen atoms in total. The molecule has 0 aliphatic rings. The molecule has 0 radical (unpaired) electrons. The molecule has 0 spiro atoms. The summed E-state index contributed by atoms with van der Waals surface area (Å²) in [5.74, 6) is -1.35. The molecular formula is C20H22F2O4. The molecule has 1 atom stereocenters. The third-order valence-corrected chi connectivity index (χ3v) is 4.05. The molecule has 0 aromatic heterocycles. The number of hydrogen-bond donors (Lipinski definition) is 0. The van der Waals surface area contributed by atoms with Crippen molar-refractivity contribution in [2.45, 2.75) is 32.3 Å². The van der Waals surface area contributed by atoms with Crippen molar-refractivity contribution < 1.29 is 27.8 Å². The Labute approximate surface area is 151 Å². The molecular weight excluding hydrogens is 342 g/mol. The lowest BCUT2D eigenvalue weighted by Gasteiger charge is -2.26. The normalized spacial score (nSPS) is 12.0. The van der Waals surface area contributed by atoms with Crippen LogP contribution in [0.25, 0.3) is 0 Å². The van der Waals surface area contributed by atoms with Gasteiger partial charge < -0.3 is 14.2 Å². The Hall–Kier alpha value is -2.63. The molecule has 2 aromatic rings. The minimum Gasteiger partial charge on any atom is -0.497 e. The van der Waals surface area contributed by atoms with Gasteiger partial charge in [-0.15, -0.1) is 0 Å². The molecule has 26 heavy (non-hydrogen) atoms. The molecule has 2 rings (SSSR count). The van der Waals surface area contributed by atoms with Gasteiger partial charge in [0.2, 0.25) is 0 Å². The highest BCUT2D eigenvalue weighted by Gasteiger charge is 2.26. The van der Waals surface area contributed by atoms with Crippen molar-refractivity contribution in [1.29, 1.82) is 0 Å². The van der Waals surface area contributed by atoms with Crippen LogP contribution in [-0.2, 0) is 9.53 Å². The summed E-state index contributed by atoms with van der Waals surface area (Å²) in [6, 6.07) is 8.41. The summed E-state index contributed by atoms with van der Waals surface area (Å²) in [5.41, 5.74) is 1.01. The summed E-state index contributed by atoms with van der Waals surface area (Å²) in [6.07, 6.45) is -0.448. The van der Waals surface area contributed by atoms with Crippen molar-refractivity contribution in [2.75, 3.05) is 14.2 Å². The van der Waals surface area contributed by atoms with Gasteiger partial charge in [-0.2, -0.15) is 0 Å². The first-order valence-corrected chi connectivity index (χ1v) is 8.26. The Morgan fingerprint density at radius 1 is 0.923 bits per heavy atom. The van der Waals surface area contributed by atoms with Crippen LogP contribution in [0.2, 0.25) is 0 Å². The zero-order valence-electron chi connectivity index (χ0n) is 15.2. The molecule has 0 bridgehead atoms. The zero-order chi connectivity index (χ0) is 19.3. The van der Waals surface area contributed by atoms with E-state index < -0.39 is 29.6 Å². The summed E-state index contributed by atoms with van der Waals surface area (Å²) in [7, 11) is 2.86. The van der Waals surface area contributed by atoms with Gasteiger partial charge in [0.25, 0.3) is 0 Å². The molecule has 0 fully saturated rings. The summed E-state index contributed by atoms with van der Waals surface area (Å²) in [6.45, 7) is 3.37. The van der Waals surface area contributed by atoms with Gasteiger partial charge in [0.1, 0.15) is 29.2 Å². The maximum atomic E-state index is 14.0. The molecule has 0 saturated carbocycles. The van der Waals surface area contributed by atoms with Crippen molar-refractivity contribution in [2.24, 2.45) is 0 Å². The molecule has 140 valence electrons. The van der Waals surface area contributed by atoms with Gasteiger partial charge >= 0.3 is 5.97 Å². The highest BCUT2D eigenvalue weighted by atomic mass is 19.1. The smallest absolute Gasteiger partial charge is 0.305 e. The van der Waals surface area contributed by atoms with E-state index in [1.54, 1.807) is 26.0 Å². The number of halogens is 2. The Bertz CT molecular complexity index is 723. The summed E-state index contributed by atoms with van der Waals surface area (Å²) >= 11 is 0. The molecule has 1 unspecified atom stereocenters. The Morgan fingerprint density at radius 3 is 1.77 bits per heavy atom. The van der Waals surface area contributed by atoms with Crippen LogP contribution in [-0.4, -0.2) is 26.3 Å². The van der Waals surface area contributed by atoms with Gasteiger partial charge in [-0.25, -0.2) is 8.78 Å². The predicted octanol–water partition coefficient (Wildman–Crippen LogP) is 4.46. The lowest BCUT2D eigenvalue weighted by atomic mass is 9.86. The first-order valence-electron chi connectivity index (χ1n) is 8.26. The van der Waals surface area contributed by atoms with E-state index in [0.29, 0.717) is 22.6 Å². The molecule has 0 saturated heterocycles. The van der Waals surface area contributed by atoms with Crippen LogP contribution in [0.4, 0.5) is 8.78 Å². The van der Waals surface area contributed by atoms with Crippen molar-refractivity contribution in [3.63, 3.8) is 0 Å². The van der Waals surface area contributed by atoms with Crippen LogP contribution in [0.15, 0.2) is 36.4 Å². The topological polar surface area (TPSA) is 44.8 Å². The fraction of sp³-hybridized carbons (Fsp3) is 0.350. The second-order valence-electron chi connectivity index (χ2n) is 5.87. The van der Waals surface area contributed by atoms with Crippen LogP contribution in [0.1, 0.15) is 37.3 Å². The van der Waals surface area contributed by atoms with E-state index in [0.717, 1.165) is 0 Å². The van der Waals surface area contributed by atoms with E-state index in [1.165, 1.54) is 38.5 Å². The van der Waals surface area contributed by atoms with Crippen molar-refractivity contribution >= 4 is 5.97 Å². The Morgan fingerprint density at radius 2 is 1.38 bits per heavy atom. The van der Waals surface area contributed by atoms with E-state index in [-0.39, 0.29) is 6.42 Å². The minimum atomic E-state index is -0.652. The summed E-state index contributed by atoms with van der Waals surface area (Å²) < 4.78 is 43.7. The molecule has 6 heteroatoms. The fourth-order valence-electron chi connectivity index (χ4n) is 2.86. The van der Waals surface area contributed by atoms with E-state index in [9.17, 15) is 13.6 Å². The molecule has 0 heterocycles. The summed E-state index contributed by atoms with van der Waals surface area (Å²) in [5, 5.41) is 0. The average Bonchev–Trinajstić information content (AvgIpc) is 2.60. The number of hydrogen-bond acceptors (Lipinski definition) is 4. The number of carbonyl (C=O) groups excluding carboxylic acids is 1. The second-order valence-corrected chi connectivity index (χ2v) is 5.87. The van der Waals surface area contributed by atoms with E-state index in [2.05, 4.69) is 0 Å². The summed E-state index contributed by atoms with van der Waals surface area (Å²) in [4.78, 5) is 11.7. The molecule has 0 aliphatic carbocycles. The lowest BCUT2D eigenvalue weighted by molar-refractivity contribution is -0.148. The van der Waals surface area contributed by atoms with Crippen molar-refractivity contribution in [3.8, 4) is 11.5 Å². The van der Waals surface area contributed by atoms with Crippen LogP contribution in [0, 0.1) is 11.6 Å². The van der Waals surface area contributed by atoms with Gasteiger partial charge in [-0.1, -0.05) is 6.92 Å². The van der Waals surface area contributed by atoms with Crippen LogP contribution in [0.3, 0.4) is 0 Å². The molecule has 0 aliphatic heterocycles. The van der Waals surface area contributed by atoms with E-state index in [1.807, 2.05) is 0 Å². The number of esters is 1. The van der Waals surface area contributed by atoms with E-state index in [4.69, 9.17) is 14.2 Å². The molecule has 0 N–H and O–H groups in total. The van der Waals surface area contributed by atoms with Crippen molar-refractivity contribution in [3.05, 3.63) is 59.2 Å². The average molecular weight is 364 g/mol. The van der Waals surface area contributed by atoms with E-state index >= 15 is 0 Å². The van der Waals surface area contributed by atoms with Gasteiger partial charge in [0.05, 0.1) is 14.2 Å². The maximum absolute atomic E-state index is 14.0. The van der Waals surface area contributed by atoms with Crippen LogP contribution >= 0.6 is 0 Å². The van der Waals surface area contributed by atoms with Gasteiger partial charge in [-0.3, -0.25) is 4.79 Å². The third kappa shape index (κ3) is 4.71. The van der Waals surface area contributed by atoms with Crippen LogP contribution < -0.4 is 9.47 Å². The number of rotatable bonds is 7. The first-order chi connectivity index (χ1) is 12.4. The fourth-order valence-corrected chi connectivity index (χ4v) is 2.86. The Balaban J connectivity index is 2.57.